The van der Waals surface area contributed by atoms with E-state index in [0.717, 1.165) is 31.7 Å². The van der Waals surface area contributed by atoms with Crippen LogP contribution < -0.4 is 5.32 Å². The van der Waals surface area contributed by atoms with Gasteiger partial charge in [0.15, 0.2) is 0 Å². The van der Waals surface area contributed by atoms with Gasteiger partial charge in [-0.15, -0.1) is 0 Å². The molecule has 0 aromatic carbocycles. The molecule has 3 nitrogen and oxygen atoms in total. The zero-order valence-corrected chi connectivity index (χ0v) is 12.6. The Balaban J connectivity index is 2.10. The Kier molecular flexibility index (Phi) is 8.64. The van der Waals surface area contributed by atoms with Crippen LogP contribution in [0.15, 0.2) is 0 Å². The molecule has 0 amide bonds. The van der Waals surface area contributed by atoms with Crippen LogP contribution in [0.4, 0.5) is 0 Å². The highest BCUT2D eigenvalue weighted by atomic mass is 16.5. The summed E-state index contributed by atoms with van der Waals surface area (Å²) in [6, 6.07) is 0.758. The molecule has 0 aromatic heterocycles. The zero-order chi connectivity index (χ0) is 13.2. The molecular formula is C15H32N2O. The average molecular weight is 256 g/mol. The Labute approximate surface area is 113 Å². The Morgan fingerprint density at radius 2 is 2.00 bits per heavy atom. The number of ether oxygens (including phenoxy) is 1. The molecule has 1 N–H and O–H groups in total. The summed E-state index contributed by atoms with van der Waals surface area (Å²) in [5.41, 5.74) is 0. The van der Waals surface area contributed by atoms with Crippen LogP contribution in [0.5, 0.6) is 0 Å². The minimum Gasteiger partial charge on any atom is -0.383 e. The molecule has 0 aromatic rings. The van der Waals surface area contributed by atoms with Gasteiger partial charge in [0.25, 0.3) is 0 Å². The molecule has 1 aliphatic rings. The van der Waals surface area contributed by atoms with Gasteiger partial charge in [0.05, 0.1) is 6.61 Å². The molecule has 0 bridgehead atoms. The minimum absolute atomic E-state index is 0.758. The maximum atomic E-state index is 5.23. The van der Waals surface area contributed by atoms with Crippen LogP contribution in [-0.2, 0) is 4.74 Å². The lowest BCUT2D eigenvalue weighted by Gasteiger charge is -2.29. The van der Waals surface area contributed by atoms with Crippen molar-refractivity contribution in [3.8, 4) is 0 Å². The molecule has 1 fully saturated rings. The van der Waals surface area contributed by atoms with Crippen molar-refractivity contribution >= 4 is 0 Å². The third-order valence-corrected chi connectivity index (χ3v) is 4.01. The fourth-order valence-electron chi connectivity index (χ4n) is 2.52. The van der Waals surface area contributed by atoms with Crippen LogP contribution in [-0.4, -0.2) is 50.8 Å². The van der Waals surface area contributed by atoms with Gasteiger partial charge in [0.2, 0.25) is 0 Å². The van der Waals surface area contributed by atoms with Gasteiger partial charge in [-0.3, -0.25) is 4.90 Å². The van der Waals surface area contributed by atoms with Crippen molar-refractivity contribution in [1.82, 2.24) is 10.2 Å². The number of methoxy groups -OCH3 is 1. The molecule has 1 aliphatic carbocycles. The summed E-state index contributed by atoms with van der Waals surface area (Å²) >= 11 is 0. The van der Waals surface area contributed by atoms with E-state index < -0.39 is 0 Å². The van der Waals surface area contributed by atoms with Crippen molar-refractivity contribution < 1.29 is 4.74 Å². The Bertz CT molecular complexity index is 195. The van der Waals surface area contributed by atoms with E-state index in [9.17, 15) is 0 Å². The lowest BCUT2D eigenvalue weighted by Crippen LogP contribution is -2.37. The van der Waals surface area contributed by atoms with Gasteiger partial charge in [-0.25, -0.2) is 0 Å². The molecule has 1 unspecified atom stereocenters. The van der Waals surface area contributed by atoms with E-state index in [1.807, 2.05) is 0 Å². The highest BCUT2D eigenvalue weighted by Crippen LogP contribution is 2.35. The maximum absolute atomic E-state index is 5.23. The van der Waals surface area contributed by atoms with Gasteiger partial charge in [0, 0.05) is 19.7 Å². The lowest BCUT2D eigenvalue weighted by atomic mass is 10.1. The van der Waals surface area contributed by atoms with E-state index >= 15 is 0 Å². The van der Waals surface area contributed by atoms with Crippen LogP contribution in [0.3, 0.4) is 0 Å². The van der Waals surface area contributed by atoms with Crippen molar-refractivity contribution in [3.63, 3.8) is 0 Å². The van der Waals surface area contributed by atoms with Crippen molar-refractivity contribution in [2.45, 2.75) is 52.0 Å². The van der Waals surface area contributed by atoms with Gasteiger partial charge in [0.1, 0.15) is 0 Å². The molecular weight excluding hydrogens is 224 g/mol. The van der Waals surface area contributed by atoms with E-state index in [-0.39, 0.29) is 0 Å². The highest BCUT2D eigenvalue weighted by molar-refractivity contribution is 4.85. The summed E-state index contributed by atoms with van der Waals surface area (Å²) in [6.45, 7) is 10.0. The van der Waals surface area contributed by atoms with Crippen LogP contribution in [0.25, 0.3) is 0 Å². The molecule has 108 valence electrons. The van der Waals surface area contributed by atoms with Crippen molar-refractivity contribution in [2.75, 3.05) is 39.9 Å². The standard InChI is InChI=1S/C15H32N2O/c1-4-16-10-6-5-7-11-17(12-13-18-3)14(2)15-8-9-15/h14-16H,4-13H2,1-3H3. The van der Waals surface area contributed by atoms with Crippen LogP contribution >= 0.6 is 0 Å². The number of nitrogens with zero attached hydrogens (tertiary/aromatic N) is 1. The lowest BCUT2D eigenvalue weighted by molar-refractivity contribution is 0.115. The normalized spacial score (nSPS) is 17.3. The molecule has 0 spiro atoms. The fourth-order valence-corrected chi connectivity index (χ4v) is 2.52. The monoisotopic (exact) mass is 256 g/mol. The fraction of sp³-hybridized carbons (Fsp3) is 1.00. The predicted octanol–water partition coefficient (Wildman–Crippen LogP) is 2.51. The Morgan fingerprint density at radius 1 is 1.22 bits per heavy atom. The molecule has 18 heavy (non-hydrogen) atoms. The summed E-state index contributed by atoms with van der Waals surface area (Å²) in [4.78, 5) is 2.63. The van der Waals surface area contributed by atoms with Crippen molar-refractivity contribution in [1.29, 1.82) is 0 Å². The molecule has 1 rings (SSSR count). The topological polar surface area (TPSA) is 24.5 Å². The van der Waals surface area contributed by atoms with Gasteiger partial charge in [-0.2, -0.15) is 0 Å². The summed E-state index contributed by atoms with van der Waals surface area (Å²) in [5.74, 6) is 0.962. The smallest absolute Gasteiger partial charge is 0.0589 e. The number of unbranched alkanes of at least 4 members (excludes halogenated alkanes) is 2. The maximum Gasteiger partial charge on any atom is 0.0589 e. The number of nitrogens with one attached hydrogen (secondary N) is 1. The van der Waals surface area contributed by atoms with Crippen LogP contribution in [0, 0.1) is 5.92 Å². The van der Waals surface area contributed by atoms with Gasteiger partial charge in [-0.05, 0) is 58.2 Å². The minimum atomic E-state index is 0.758. The van der Waals surface area contributed by atoms with Crippen molar-refractivity contribution in [3.05, 3.63) is 0 Å². The van der Waals surface area contributed by atoms with Gasteiger partial charge in [-0.1, -0.05) is 13.3 Å². The zero-order valence-electron chi connectivity index (χ0n) is 12.6. The second-order valence-corrected chi connectivity index (χ2v) is 5.52. The second-order valence-electron chi connectivity index (χ2n) is 5.52. The van der Waals surface area contributed by atoms with Crippen LogP contribution in [0.1, 0.15) is 46.0 Å². The third-order valence-electron chi connectivity index (χ3n) is 4.01. The first-order valence-corrected chi connectivity index (χ1v) is 7.73. The van der Waals surface area contributed by atoms with E-state index in [1.54, 1.807) is 7.11 Å². The molecule has 0 saturated heterocycles. The van der Waals surface area contributed by atoms with Crippen LogP contribution in [0.2, 0.25) is 0 Å². The largest absolute Gasteiger partial charge is 0.383 e. The number of rotatable bonds is 12. The second kappa shape index (κ2) is 9.76. The number of hydrogen-bond acceptors (Lipinski definition) is 3. The molecule has 0 heterocycles. The molecule has 0 radical (unpaired) electrons. The third kappa shape index (κ3) is 6.72. The average Bonchev–Trinajstić information content (AvgIpc) is 3.20. The predicted molar refractivity (Wildman–Crippen MR) is 78.0 cm³/mol. The van der Waals surface area contributed by atoms with Gasteiger partial charge < -0.3 is 10.1 Å². The summed E-state index contributed by atoms with van der Waals surface area (Å²) in [7, 11) is 1.80. The van der Waals surface area contributed by atoms with E-state index in [1.165, 1.54) is 45.2 Å². The summed E-state index contributed by atoms with van der Waals surface area (Å²) in [6.07, 6.45) is 6.85. The molecule has 0 aliphatic heterocycles. The van der Waals surface area contributed by atoms with Gasteiger partial charge >= 0.3 is 0 Å². The SMILES string of the molecule is CCNCCCCCN(CCOC)C(C)C1CC1. The highest BCUT2D eigenvalue weighted by Gasteiger charge is 2.31. The van der Waals surface area contributed by atoms with Crippen molar-refractivity contribution in [2.24, 2.45) is 5.92 Å². The molecule has 1 atom stereocenters. The molecule has 3 heteroatoms. The van der Waals surface area contributed by atoms with E-state index in [2.05, 4.69) is 24.1 Å². The van der Waals surface area contributed by atoms with E-state index in [0.29, 0.717) is 0 Å². The first-order chi connectivity index (χ1) is 8.79. The Hall–Kier alpha value is -0.120. The number of hydrogen-bond donors (Lipinski definition) is 1. The summed E-state index contributed by atoms with van der Waals surface area (Å²) < 4.78 is 5.23. The first kappa shape index (κ1) is 15.9. The Morgan fingerprint density at radius 3 is 2.61 bits per heavy atom. The molecule has 1 saturated carbocycles. The summed E-state index contributed by atoms with van der Waals surface area (Å²) in [5, 5.41) is 3.39. The first-order valence-electron chi connectivity index (χ1n) is 7.73. The van der Waals surface area contributed by atoms with E-state index in [4.69, 9.17) is 4.74 Å². The quantitative estimate of drug-likeness (QED) is 0.543.